The smallest absolute Gasteiger partial charge is 0.305 e. The van der Waals surface area contributed by atoms with Crippen molar-refractivity contribution < 1.29 is 9.53 Å². The molecule has 0 fully saturated rings. The molecule has 0 bridgehead atoms. The summed E-state index contributed by atoms with van der Waals surface area (Å²) >= 11 is 0. The van der Waals surface area contributed by atoms with Crippen molar-refractivity contribution in [1.29, 1.82) is 0 Å². The normalized spacial score (nSPS) is 29.5. The lowest BCUT2D eigenvalue weighted by Crippen LogP contribution is -2.22. The van der Waals surface area contributed by atoms with Crippen molar-refractivity contribution in [2.75, 3.05) is 6.61 Å². The van der Waals surface area contributed by atoms with E-state index in [0.29, 0.717) is 18.9 Å². The molecule has 0 aliphatic heterocycles. The van der Waals surface area contributed by atoms with E-state index in [9.17, 15) is 4.79 Å². The Morgan fingerprint density at radius 1 is 1.67 bits per heavy atom. The molecule has 2 unspecified atom stereocenters. The molecule has 0 N–H and O–H groups in total. The highest BCUT2D eigenvalue weighted by molar-refractivity contribution is 5.68. The summed E-state index contributed by atoms with van der Waals surface area (Å²) in [5, 5.41) is 0. The van der Waals surface area contributed by atoms with E-state index in [1.165, 1.54) is 5.57 Å². The second kappa shape index (κ2) is 4.65. The van der Waals surface area contributed by atoms with Crippen LogP contribution in [0.4, 0.5) is 0 Å². The number of hydrogen-bond donors (Lipinski definition) is 0. The highest BCUT2D eigenvalue weighted by atomic mass is 16.5. The molecule has 84 valence electrons. The Balaban J connectivity index is 2.42. The van der Waals surface area contributed by atoms with Crippen LogP contribution in [0.15, 0.2) is 24.3 Å². The molecule has 2 heteroatoms. The van der Waals surface area contributed by atoms with Gasteiger partial charge in [0.05, 0.1) is 6.61 Å². The Morgan fingerprint density at radius 2 is 2.33 bits per heavy atom. The lowest BCUT2D eigenvalue weighted by atomic mass is 9.77. The van der Waals surface area contributed by atoms with Gasteiger partial charge in [-0.15, -0.1) is 0 Å². The zero-order chi connectivity index (χ0) is 11.5. The monoisotopic (exact) mass is 208 g/mol. The first-order valence-corrected chi connectivity index (χ1v) is 5.53. The molecule has 0 aromatic rings. The molecule has 2 nitrogen and oxygen atoms in total. The molecular formula is C13H20O2. The molecule has 0 saturated carbocycles. The van der Waals surface area contributed by atoms with Crippen molar-refractivity contribution >= 4 is 5.97 Å². The minimum absolute atomic E-state index is 0.102. The summed E-state index contributed by atoms with van der Waals surface area (Å²) in [7, 11) is 0. The lowest BCUT2D eigenvalue weighted by Gasteiger charge is -2.28. The highest BCUT2D eigenvalue weighted by Gasteiger charge is 2.33. The van der Waals surface area contributed by atoms with E-state index in [1.807, 2.05) is 6.92 Å². The maximum Gasteiger partial charge on any atom is 0.305 e. The van der Waals surface area contributed by atoms with E-state index in [2.05, 4.69) is 32.6 Å². The Bertz CT molecular complexity index is 291. The third-order valence-corrected chi connectivity index (χ3v) is 3.42. The van der Waals surface area contributed by atoms with Crippen LogP contribution in [0.25, 0.3) is 0 Å². The van der Waals surface area contributed by atoms with Crippen molar-refractivity contribution in [2.45, 2.75) is 33.6 Å². The Hall–Kier alpha value is -1.05. The van der Waals surface area contributed by atoms with Gasteiger partial charge in [0.2, 0.25) is 0 Å². The molecule has 1 aliphatic carbocycles. The SMILES string of the molecule is C=C1C=CC(C)(CCOC(=O)CC)C1C. The van der Waals surface area contributed by atoms with E-state index in [-0.39, 0.29) is 11.4 Å². The van der Waals surface area contributed by atoms with Crippen molar-refractivity contribution in [3.63, 3.8) is 0 Å². The summed E-state index contributed by atoms with van der Waals surface area (Å²) in [6, 6.07) is 0. The lowest BCUT2D eigenvalue weighted by molar-refractivity contribution is -0.143. The summed E-state index contributed by atoms with van der Waals surface area (Å²) in [6.45, 7) is 10.7. The number of carbonyl (C=O) groups excluding carboxylic acids is 1. The zero-order valence-corrected chi connectivity index (χ0v) is 9.88. The first kappa shape index (κ1) is 12.0. The quantitative estimate of drug-likeness (QED) is 0.664. The minimum Gasteiger partial charge on any atom is -0.466 e. The van der Waals surface area contributed by atoms with Crippen LogP contribution in [-0.2, 0) is 9.53 Å². The average Bonchev–Trinajstić information content (AvgIpc) is 2.47. The van der Waals surface area contributed by atoms with Crippen molar-refractivity contribution in [1.82, 2.24) is 0 Å². The van der Waals surface area contributed by atoms with Gasteiger partial charge in [-0.2, -0.15) is 0 Å². The number of hydrogen-bond acceptors (Lipinski definition) is 2. The van der Waals surface area contributed by atoms with E-state index in [1.54, 1.807) is 0 Å². The van der Waals surface area contributed by atoms with Gasteiger partial charge >= 0.3 is 5.97 Å². The van der Waals surface area contributed by atoms with Crippen molar-refractivity contribution in [2.24, 2.45) is 11.3 Å². The molecule has 0 spiro atoms. The third-order valence-electron chi connectivity index (χ3n) is 3.42. The molecule has 0 radical (unpaired) electrons. The van der Waals surface area contributed by atoms with Gasteiger partial charge in [0.25, 0.3) is 0 Å². The predicted molar refractivity (Wildman–Crippen MR) is 61.4 cm³/mol. The van der Waals surface area contributed by atoms with Crippen LogP contribution >= 0.6 is 0 Å². The third kappa shape index (κ3) is 2.71. The largest absolute Gasteiger partial charge is 0.466 e. The number of allylic oxidation sites excluding steroid dienone is 3. The zero-order valence-electron chi connectivity index (χ0n) is 9.88. The standard InChI is InChI=1S/C13H20O2/c1-5-12(14)15-9-8-13(4)7-6-10(2)11(13)3/h6-7,11H,2,5,8-9H2,1,3-4H3. The van der Waals surface area contributed by atoms with Crippen LogP contribution in [0.2, 0.25) is 0 Å². The highest BCUT2D eigenvalue weighted by Crippen LogP contribution is 2.42. The van der Waals surface area contributed by atoms with Gasteiger partial charge in [0.1, 0.15) is 0 Å². The van der Waals surface area contributed by atoms with Gasteiger partial charge in [-0.05, 0) is 17.8 Å². The fourth-order valence-electron chi connectivity index (χ4n) is 1.80. The van der Waals surface area contributed by atoms with Crippen LogP contribution in [0.1, 0.15) is 33.6 Å². The number of ether oxygens (including phenoxy) is 1. The second-order valence-electron chi connectivity index (χ2n) is 4.46. The Kier molecular flexibility index (Phi) is 3.72. The molecule has 1 rings (SSSR count). The summed E-state index contributed by atoms with van der Waals surface area (Å²) in [6.07, 6.45) is 5.58. The summed E-state index contributed by atoms with van der Waals surface area (Å²) in [5.41, 5.74) is 1.27. The summed E-state index contributed by atoms with van der Waals surface area (Å²) in [5.74, 6) is 0.324. The van der Waals surface area contributed by atoms with Crippen molar-refractivity contribution in [3.8, 4) is 0 Å². The van der Waals surface area contributed by atoms with Crippen LogP contribution in [0, 0.1) is 11.3 Å². The summed E-state index contributed by atoms with van der Waals surface area (Å²) in [4.78, 5) is 11.0. The van der Waals surface area contributed by atoms with Crippen molar-refractivity contribution in [3.05, 3.63) is 24.3 Å². The maximum absolute atomic E-state index is 11.0. The minimum atomic E-state index is -0.118. The van der Waals surface area contributed by atoms with Crippen LogP contribution in [0.3, 0.4) is 0 Å². The molecule has 1 aliphatic rings. The maximum atomic E-state index is 11.0. The van der Waals surface area contributed by atoms with Gasteiger partial charge in [0, 0.05) is 6.42 Å². The van der Waals surface area contributed by atoms with Crippen LogP contribution in [-0.4, -0.2) is 12.6 Å². The average molecular weight is 208 g/mol. The van der Waals surface area contributed by atoms with Gasteiger partial charge in [0.15, 0.2) is 0 Å². The summed E-state index contributed by atoms with van der Waals surface area (Å²) < 4.78 is 5.10. The Morgan fingerprint density at radius 3 is 2.80 bits per heavy atom. The first-order valence-electron chi connectivity index (χ1n) is 5.53. The molecule has 15 heavy (non-hydrogen) atoms. The van der Waals surface area contributed by atoms with E-state index in [0.717, 1.165) is 6.42 Å². The molecule has 0 aromatic carbocycles. The van der Waals surface area contributed by atoms with Crippen LogP contribution < -0.4 is 0 Å². The van der Waals surface area contributed by atoms with Gasteiger partial charge in [-0.3, -0.25) is 4.79 Å². The predicted octanol–water partition coefficient (Wildman–Crippen LogP) is 3.10. The topological polar surface area (TPSA) is 26.3 Å². The van der Waals surface area contributed by atoms with E-state index >= 15 is 0 Å². The number of esters is 1. The first-order chi connectivity index (χ1) is 6.99. The molecule has 0 saturated heterocycles. The molecule has 2 atom stereocenters. The molecule has 0 aromatic heterocycles. The van der Waals surface area contributed by atoms with Gasteiger partial charge in [-0.25, -0.2) is 0 Å². The van der Waals surface area contributed by atoms with Gasteiger partial charge in [-0.1, -0.05) is 45.1 Å². The Labute approximate surface area is 92.0 Å². The van der Waals surface area contributed by atoms with Gasteiger partial charge < -0.3 is 4.74 Å². The van der Waals surface area contributed by atoms with E-state index in [4.69, 9.17) is 4.74 Å². The molecule has 0 amide bonds. The van der Waals surface area contributed by atoms with Crippen LogP contribution in [0.5, 0.6) is 0 Å². The molecule has 0 heterocycles. The fourth-order valence-corrected chi connectivity index (χ4v) is 1.80. The fraction of sp³-hybridized carbons (Fsp3) is 0.615. The second-order valence-corrected chi connectivity index (χ2v) is 4.46. The number of rotatable bonds is 4. The number of carbonyl (C=O) groups is 1. The molecular weight excluding hydrogens is 188 g/mol. The van der Waals surface area contributed by atoms with E-state index < -0.39 is 0 Å².